The van der Waals surface area contributed by atoms with Crippen LogP contribution in [-0.2, 0) is 11.2 Å². The SMILES string of the molecule is CN=C(NCCC(=O)Nc1ccc(Br)cc1C)N1CCc2ccccc21. The molecule has 2 N–H and O–H groups in total. The Morgan fingerprint density at radius 1 is 1.27 bits per heavy atom. The number of fused-ring (bicyclic) bond motifs is 1. The average Bonchev–Trinajstić information content (AvgIpc) is 3.05. The first-order chi connectivity index (χ1) is 12.6. The largest absolute Gasteiger partial charge is 0.355 e. The summed E-state index contributed by atoms with van der Waals surface area (Å²) < 4.78 is 1.00. The number of nitrogens with zero attached hydrogens (tertiary/aromatic N) is 2. The third-order valence-electron chi connectivity index (χ3n) is 4.45. The van der Waals surface area contributed by atoms with Gasteiger partial charge >= 0.3 is 0 Å². The van der Waals surface area contributed by atoms with Crippen molar-refractivity contribution < 1.29 is 4.79 Å². The number of carbonyl (C=O) groups is 1. The van der Waals surface area contributed by atoms with Gasteiger partial charge in [-0.3, -0.25) is 9.79 Å². The highest BCUT2D eigenvalue weighted by atomic mass is 79.9. The van der Waals surface area contributed by atoms with Gasteiger partial charge in [-0.05, 0) is 48.7 Å². The summed E-state index contributed by atoms with van der Waals surface area (Å²) in [5, 5.41) is 6.26. The first-order valence-corrected chi connectivity index (χ1v) is 9.50. The number of hydrogen-bond donors (Lipinski definition) is 2. The molecule has 2 aromatic rings. The molecule has 0 aliphatic carbocycles. The second kappa shape index (κ2) is 8.36. The predicted molar refractivity (Wildman–Crippen MR) is 111 cm³/mol. The Hall–Kier alpha value is -2.34. The highest BCUT2D eigenvalue weighted by molar-refractivity contribution is 9.10. The molecule has 0 spiro atoms. The lowest BCUT2D eigenvalue weighted by Crippen LogP contribution is -2.41. The van der Waals surface area contributed by atoms with Crippen LogP contribution in [0, 0.1) is 6.92 Å². The fraction of sp³-hybridized carbons (Fsp3) is 0.300. The molecule has 1 heterocycles. The van der Waals surface area contributed by atoms with Crippen molar-refractivity contribution in [2.75, 3.05) is 30.4 Å². The zero-order valence-corrected chi connectivity index (χ0v) is 16.6. The Bertz CT molecular complexity index is 834. The number of aryl methyl sites for hydroxylation is 1. The first kappa shape index (κ1) is 18.5. The molecular formula is C20H23BrN4O. The molecule has 26 heavy (non-hydrogen) atoms. The van der Waals surface area contributed by atoms with Gasteiger partial charge in [-0.15, -0.1) is 0 Å². The maximum Gasteiger partial charge on any atom is 0.226 e. The topological polar surface area (TPSA) is 56.7 Å². The molecule has 1 amide bonds. The molecule has 0 bridgehead atoms. The van der Waals surface area contributed by atoms with E-state index < -0.39 is 0 Å². The summed E-state index contributed by atoms with van der Waals surface area (Å²) in [6.07, 6.45) is 1.39. The number of hydrogen-bond acceptors (Lipinski definition) is 2. The molecule has 6 heteroatoms. The summed E-state index contributed by atoms with van der Waals surface area (Å²) in [4.78, 5) is 18.8. The van der Waals surface area contributed by atoms with Gasteiger partial charge in [0.25, 0.3) is 0 Å². The van der Waals surface area contributed by atoms with Gasteiger partial charge in [0.2, 0.25) is 5.91 Å². The van der Waals surface area contributed by atoms with E-state index in [9.17, 15) is 4.79 Å². The van der Waals surface area contributed by atoms with Crippen LogP contribution < -0.4 is 15.5 Å². The highest BCUT2D eigenvalue weighted by Crippen LogP contribution is 2.27. The number of guanidine groups is 1. The van der Waals surface area contributed by atoms with Gasteiger partial charge in [-0.25, -0.2) is 0 Å². The molecule has 0 saturated heterocycles. The van der Waals surface area contributed by atoms with Gasteiger partial charge in [0, 0.05) is 42.4 Å². The molecule has 5 nitrogen and oxygen atoms in total. The Labute approximate surface area is 162 Å². The molecular weight excluding hydrogens is 392 g/mol. The van der Waals surface area contributed by atoms with E-state index in [-0.39, 0.29) is 5.91 Å². The Morgan fingerprint density at radius 3 is 2.85 bits per heavy atom. The van der Waals surface area contributed by atoms with Crippen LogP contribution in [0.5, 0.6) is 0 Å². The molecule has 136 valence electrons. The van der Waals surface area contributed by atoms with E-state index in [2.05, 4.69) is 54.7 Å². The molecule has 1 aliphatic heterocycles. The number of aliphatic imine (C=N–C) groups is 1. The zero-order chi connectivity index (χ0) is 18.5. The van der Waals surface area contributed by atoms with Crippen LogP contribution in [0.15, 0.2) is 51.9 Å². The number of halogens is 1. The molecule has 2 aromatic carbocycles. The Balaban J connectivity index is 1.53. The lowest BCUT2D eigenvalue weighted by atomic mass is 10.2. The molecule has 0 atom stereocenters. The van der Waals surface area contributed by atoms with E-state index in [1.807, 2.05) is 31.2 Å². The number of benzene rings is 2. The fourth-order valence-corrected chi connectivity index (χ4v) is 3.60. The normalized spacial score (nSPS) is 13.5. The molecule has 3 rings (SSSR count). The van der Waals surface area contributed by atoms with Crippen LogP contribution in [0.1, 0.15) is 17.5 Å². The third kappa shape index (κ3) is 4.25. The summed E-state index contributed by atoms with van der Waals surface area (Å²) in [6, 6.07) is 14.2. The van der Waals surface area contributed by atoms with Crippen LogP contribution >= 0.6 is 15.9 Å². The van der Waals surface area contributed by atoms with Crippen molar-refractivity contribution >= 4 is 39.2 Å². The third-order valence-corrected chi connectivity index (χ3v) is 4.95. The van der Waals surface area contributed by atoms with Crippen LogP contribution in [0.4, 0.5) is 11.4 Å². The minimum atomic E-state index is -0.0137. The highest BCUT2D eigenvalue weighted by Gasteiger charge is 2.22. The minimum Gasteiger partial charge on any atom is -0.355 e. The van der Waals surface area contributed by atoms with Gasteiger partial charge in [0.15, 0.2) is 5.96 Å². The van der Waals surface area contributed by atoms with Crippen molar-refractivity contribution in [2.24, 2.45) is 4.99 Å². The minimum absolute atomic E-state index is 0.0137. The second-order valence-corrected chi connectivity index (χ2v) is 7.18. The molecule has 0 fully saturated rings. The average molecular weight is 415 g/mol. The van der Waals surface area contributed by atoms with E-state index >= 15 is 0 Å². The standard InChI is InChI=1S/C20H23BrN4O/c1-14-13-16(21)7-8-17(14)24-19(26)9-11-23-20(22-2)25-12-10-15-5-3-4-6-18(15)25/h3-8,13H,9-12H2,1-2H3,(H,22,23)(H,24,26). The van der Waals surface area contributed by atoms with E-state index in [1.54, 1.807) is 7.05 Å². The van der Waals surface area contributed by atoms with Crippen LogP contribution in [0.2, 0.25) is 0 Å². The maximum absolute atomic E-state index is 12.2. The second-order valence-electron chi connectivity index (χ2n) is 6.26. The summed E-state index contributed by atoms with van der Waals surface area (Å²) in [6.45, 7) is 3.42. The van der Waals surface area contributed by atoms with Crippen LogP contribution in [0.3, 0.4) is 0 Å². The van der Waals surface area contributed by atoms with Gasteiger partial charge in [0.05, 0.1) is 0 Å². The maximum atomic E-state index is 12.2. The van der Waals surface area contributed by atoms with Crippen molar-refractivity contribution in [3.8, 4) is 0 Å². The zero-order valence-electron chi connectivity index (χ0n) is 15.1. The van der Waals surface area contributed by atoms with Crippen molar-refractivity contribution in [1.82, 2.24) is 5.32 Å². The van der Waals surface area contributed by atoms with Gasteiger partial charge < -0.3 is 15.5 Å². The van der Waals surface area contributed by atoms with Crippen molar-refractivity contribution in [2.45, 2.75) is 19.8 Å². The van der Waals surface area contributed by atoms with E-state index in [1.165, 1.54) is 11.3 Å². The smallest absolute Gasteiger partial charge is 0.226 e. The fourth-order valence-electron chi connectivity index (χ4n) is 3.12. The quantitative estimate of drug-likeness (QED) is 0.591. The molecule has 0 unspecified atom stereocenters. The number of amides is 1. The number of anilines is 2. The van der Waals surface area contributed by atoms with Crippen molar-refractivity contribution in [3.63, 3.8) is 0 Å². The molecule has 0 aromatic heterocycles. The molecule has 1 aliphatic rings. The Morgan fingerprint density at radius 2 is 2.08 bits per heavy atom. The first-order valence-electron chi connectivity index (χ1n) is 8.70. The van der Waals surface area contributed by atoms with Crippen LogP contribution in [0.25, 0.3) is 0 Å². The monoisotopic (exact) mass is 414 g/mol. The van der Waals surface area contributed by atoms with Crippen molar-refractivity contribution in [1.29, 1.82) is 0 Å². The van der Waals surface area contributed by atoms with E-state index in [0.717, 1.165) is 34.6 Å². The number of carbonyl (C=O) groups excluding carboxylic acids is 1. The van der Waals surface area contributed by atoms with E-state index in [0.29, 0.717) is 13.0 Å². The van der Waals surface area contributed by atoms with Gasteiger partial charge in [-0.1, -0.05) is 34.1 Å². The molecule has 0 radical (unpaired) electrons. The lowest BCUT2D eigenvalue weighted by Gasteiger charge is -2.22. The Kier molecular flexibility index (Phi) is 5.93. The van der Waals surface area contributed by atoms with Gasteiger partial charge in [0.1, 0.15) is 0 Å². The van der Waals surface area contributed by atoms with Crippen molar-refractivity contribution in [3.05, 3.63) is 58.1 Å². The summed E-state index contributed by atoms with van der Waals surface area (Å²) in [7, 11) is 1.77. The number of para-hydroxylation sites is 1. The van der Waals surface area contributed by atoms with E-state index in [4.69, 9.17) is 0 Å². The predicted octanol–water partition coefficient (Wildman–Crippen LogP) is 3.72. The van der Waals surface area contributed by atoms with Crippen LogP contribution in [-0.4, -0.2) is 32.0 Å². The number of nitrogens with one attached hydrogen (secondary N) is 2. The summed E-state index contributed by atoms with van der Waals surface area (Å²) >= 11 is 3.43. The summed E-state index contributed by atoms with van der Waals surface area (Å²) in [5.74, 6) is 0.794. The van der Waals surface area contributed by atoms with Gasteiger partial charge in [-0.2, -0.15) is 0 Å². The molecule has 0 saturated carbocycles. The summed E-state index contributed by atoms with van der Waals surface area (Å²) in [5.41, 5.74) is 4.40. The number of rotatable bonds is 4. The lowest BCUT2D eigenvalue weighted by molar-refractivity contribution is -0.116.